The predicted molar refractivity (Wildman–Crippen MR) is 53.0 cm³/mol. The van der Waals surface area contributed by atoms with E-state index in [1.807, 2.05) is 0 Å². The second-order valence-corrected chi connectivity index (χ2v) is 4.69. The Kier molecular flexibility index (Phi) is 2.73. The van der Waals surface area contributed by atoms with Gasteiger partial charge in [0.25, 0.3) is 0 Å². The van der Waals surface area contributed by atoms with Crippen molar-refractivity contribution in [2.24, 2.45) is 11.3 Å². The molecule has 0 aliphatic heterocycles. The molecule has 86 valence electrons. The van der Waals surface area contributed by atoms with Crippen molar-refractivity contribution < 1.29 is 19.7 Å². The van der Waals surface area contributed by atoms with Crippen molar-refractivity contribution in [2.75, 3.05) is 7.11 Å². The Morgan fingerprint density at radius 3 is 2.40 bits per heavy atom. The minimum atomic E-state index is -0.618. The van der Waals surface area contributed by atoms with E-state index in [1.54, 1.807) is 0 Å². The van der Waals surface area contributed by atoms with Gasteiger partial charge in [-0.2, -0.15) is 0 Å². The van der Waals surface area contributed by atoms with Gasteiger partial charge in [0.2, 0.25) is 0 Å². The van der Waals surface area contributed by atoms with Crippen LogP contribution in [0, 0.1) is 11.3 Å². The number of ether oxygens (including phenoxy) is 1. The maximum absolute atomic E-state index is 11.6. The van der Waals surface area contributed by atoms with Crippen LogP contribution in [0.1, 0.15) is 32.1 Å². The number of aliphatic hydroxyl groups is 2. The number of carbonyl (C=O) groups excluding carboxylic acids is 1. The van der Waals surface area contributed by atoms with Crippen molar-refractivity contribution in [3.05, 3.63) is 0 Å². The number of hydrogen-bond donors (Lipinski definition) is 2. The third-order valence-electron chi connectivity index (χ3n) is 4.19. The zero-order valence-electron chi connectivity index (χ0n) is 8.98. The summed E-state index contributed by atoms with van der Waals surface area (Å²) < 4.78 is 4.76. The third kappa shape index (κ3) is 1.39. The van der Waals surface area contributed by atoms with Crippen LogP contribution in [0.2, 0.25) is 0 Å². The van der Waals surface area contributed by atoms with Crippen LogP contribution in [0.4, 0.5) is 0 Å². The average molecular weight is 214 g/mol. The topological polar surface area (TPSA) is 66.8 Å². The van der Waals surface area contributed by atoms with Gasteiger partial charge in [-0.25, -0.2) is 0 Å². The molecule has 0 bridgehead atoms. The molecule has 2 N–H and O–H groups in total. The molecule has 0 aromatic carbocycles. The lowest BCUT2D eigenvalue weighted by Gasteiger charge is -2.35. The number of rotatable bonds is 1. The molecule has 0 saturated heterocycles. The molecule has 2 saturated carbocycles. The molecular formula is C11H18O4. The summed E-state index contributed by atoms with van der Waals surface area (Å²) in [6.07, 6.45) is 2.41. The summed E-state index contributed by atoms with van der Waals surface area (Å²) >= 11 is 0. The molecule has 0 aromatic rings. The smallest absolute Gasteiger partial charge is 0.309 e. The molecule has 2 aliphatic rings. The van der Waals surface area contributed by atoms with Gasteiger partial charge in [0.1, 0.15) is 0 Å². The van der Waals surface area contributed by atoms with Crippen LogP contribution in [0.15, 0.2) is 0 Å². The van der Waals surface area contributed by atoms with Crippen molar-refractivity contribution in [1.29, 1.82) is 0 Å². The van der Waals surface area contributed by atoms with Crippen LogP contribution in [-0.2, 0) is 9.53 Å². The second kappa shape index (κ2) is 3.76. The Hall–Kier alpha value is -0.610. The summed E-state index contributed by atoms with van der Waals surface area (Å²) in [6.45, 7) is 0. The third-order valence-corrected chi connectivity index (χ3v) is 4.19. The number of esters is 1. The van der Waals surface area contributed by atoms with E-state index in [9.17, 15) is 15.0 Å². The van der Waals surface area contributed by atoms with Gasteiger partial charge in [0.15, 0.2) is 0 Å². The monoisotopic (exact) mass is 214 g/mol. The summed E-state index contributed by atoms with van der Waals surface area (Å²) in [4.78, 5) is 11.6. The molecular weight excluding hydrogens is 196 g/mol. The number of aliphatic hydroxyl groups excluding tert-OH is 2. The Balaban J connectivity index is 2.28. The van der Waals surface area contributed by atoms with Crippen LogP contribution < -0.4 is 0 Å². The largest absolute Gasteiger partial charge is 0.469 e. The highest BCUT2D eigenvalue weighted by atomic mass is 16.5. The van der Waals surface area contributed by atoms with E-state index >= 15 is 0 Å². The lowest BCUT2D eigenvalue weighted by molar-refractivity contribution is -0.156. The van der Waals surface area contributed by atoms with E-state index in [2.05, 4.69) is 0 Å². The van der Waals surface area contributed by atoms with Crippen molar-refractivity contribution in [1.82, 2.24) is 0 Å². The molecule has 0 amide bonds. The zero-order valence-corrected chi connectivity index (χ0v) is 8.98. The lowest BCUT2D eigenvalue weighted by Crippen LogP contribution is -2.45. The van der Waals surface area contributed by atoms with E-state index in [0.29, 0.717) is 12.8 Å². The van der Waals surface area contributed by atoms with Crippen molar-refractivity contribution in [3.8, 4) is 0 Å². The van der Waals surface area contributed by atoms with Gasteiger partial charge in [-0.05, 0) is 25.7 Å². The normalized spacial score (nSPS) is 44.9. The summed E-state index contributed by atoms with van der Waals surface area (Å²) in [5, 5.41) is 20.0. The van der Waals surface area contributed by atoms with Crippen LogP contribution in [-0.4, -0.2) is 35.5 Å². The fourth-order valence-corrected chi connectivity index (χ4v) is 3.41. The number of methoxy groups -OCH3 is 1. The molecule has 0 aromatic heterocycles. The van der Waals surface area contributed by atoms with Crippen LogP contribution in [0.25, 0.3) is 0 Å². The SMILES string of the molecule is COC(=O)C1CCCC12C(O)CCC2O. The van der Waals surface area contributed by atoms with E-state index in [-0.39, 0.29) is 11.9 Å². The first-order valence-corrected chi connectivity index (χ1v) is 5.57. The molecule has 1 spiro atoms. The number of hydrogen-bond acceptors (Lipinski definition) is 4. The molecule has 0 heterocycles. The highest BCUT2D eigenvalue weighted by Crippen LogP contribution is 2.54. The van der Waals surface area contributed by atoms with E-state index in [4.69, 9.17) is 4.74 Å². The van der Waals surface area contributed by atoms with Crippen molar-refractivity contribution >= 4 is 5.97 Å². The fourth-order valence-electron chi connectivity index (χ4n) is 3.41. The molecule has 3 atom stereocenters. The van der Waals surface area contributed by atoms with E-state index < -0.39 is 17.6 Å². The number of carbonyl (C=O) groups is 1. The quantitative estimate of drug-likeness (QED) is 0.622. The molecule has 3 unspecified atom stereocenters. The van der Waals surface area contributed by atoms with Gasteiger partial charge >= 0.3 is 5.97 Å². The van der Waals surface area contributed by atoms with Gasteiger partial charge in [-0.1, -0.05) is 6.42 Å². The van der Waals surface area contributed by atoms with E-state index in [1.165, 1.54) is 7.11 Å². The van der Waals surface area contributed by atoms with Gasteiger partial charge < -0.3 is 14.9 Å². The Bertz CT molecular complexity index is 253. The standard InChI is InChI=1S/C11H18O4/c1-15-10(14)7-3-2-6-11(7)8(12)4-5-9(11)13/h7-9,12-13H,2-6H2,1H3. The summed E-state index contributed by atoms with van der Waals surface area (Å²) in [5.41, 5.74) is -0.618. The average Bonchev–Trinajstić information content (AvgIpc) is 2.79. The molecule has 4 nitrogen and oxygen atoms in total. The maximum atomic E-state index is 11.6. The molecule has 2 aliphatic carbocycles. The minimum absolute atomic E-state index is 0.285. The van der Waals surface area contributed by atoms with Crippen LogP contribution >= 0.6 is 0 Å². The Morgan fingerprint density at radius 1 is 1.27 bits per heavy atom. The lowest BCUT2D eigenvalue weighted by atomic mass is 9.73. The second-order valence-electron chi connectivity index (χ2n) is 4.69. The molecule has 2 rings (SSSR count). The van der Waals surface area contributed by atoms with E-state index in [0.717, 1.165) is 19.3 Å². The Labute approximate surface area is 89.2 Å². The van der Waals surface area contributed by atoms with Crippen LogP contribution in [0.3, 0.4) is 0 Å². The molecule has 15 heavy (non-hydrogen) atoms. The van der Waals surface area contributed by atoms with Gasteiger partial charge in [-0.3, -0.25) is 4.79 Å². The summed E-state index contributed by atoms with van der Waals surface area (Å²) in [6, 6.07) is 0. The minimum Gasteiger partial charge on any atom is -0.469 e. The van der Waals surface area contributed by atoms with Crippen LogP contribution in [0.5, 0.6) is 0 Å². The predicted octanol–water partition coefficient (Wildman–Crippen LogP) is 0.461. The Morgan fingerprint density at radius 2 is 1.87 bits per heavy atom. The highest BCUT2D eigenvalue weighted by Gasteiger charge is 2.58. The van der Waals surface area contributed by atoms with Gasteiger partial charge in [0.05, 0.1) is 25.2 Å². The summed E-state index contributed by atoms with van der Waals surface area (Å²) in [7, 11) is 1.36. The first-order chi connectivity index (χ1) is 7.13. The molecule has 2 fully saturated rings. The van der Waals surface area contributed by atoms with Crippen molar-refractivity contribution in [3.63, 3.8) is 0 Å². The first-order valence-electron chi connectivity index (χ1n) is 5.57. The molecule has 0 radical (unpaired) electrons. The highest BCUT2D eigenvalue weighted by molar-refractivity contribution is 5.74. The fraction of sp³-hybridized carbons (Fsp3) is 0.909. The first kappa shape index (κ1) is 10.9. The summed E-state index contributed by atoms with van der Waals surface area (Å²) in [5.74, 6) is -0.609. The maximum Gasteiger partial charge on any atom is 0.309 e. The van der Waals surface area contributed by atoms with Crippen molar-refractivity contribution in [2.45, 2.75) is 44.3 Å². The van der Waals surface area contributed by atoms with Gasteiger partial charge in [-0.15, -0.1) is 0 Å². The van der Waals surface area contributed by atoms with Gasteiger partial charge in [0, 0.05) is 5.41 Å². The zero-order chi connectivity index (χ0) is 11.1. The molecule has 4 heteroatoms.